The number of esters is 1. The number of amidine groups is 1. The number of ether oxygens (including phenoxy) is 1. The molecule has 0 aliphatic carbocycles. The molecule has 1 N–H and O–H groups in total. The molecule has 1 aliphatic heterocycles. The summed E-state index contributed by atoms with van der Waals surface area (Å²) in [7, 11) is 1.25. The fourth-order valence-electron chi connectivity index (χ4n) is 0.777. The maximum absolute atomic E-state index is 11.1. The number of nitrogens with one attached hydrogen (secondary N) is 1. The molecule has 13 heavy (non-hydrogen) atoms. The lowest BCUT2D eigenvalue weighted by molar-refractivity contribution is -0.143. The molecule has 0 atom stereocenters. The van der Waals surface area contributed by atoms with Gasteiger partial charge >= 0.3 is 5.97 Å². The Bertz CT molecular complexity index is 252. The van der Waals surface area contributed by atoms with Crippen molar-refractivity contribution >= 4 is 28.8 Å². The van der Waals surface area contributed by atoms with Gasteiger partial charge in [-0.15, -0.1) is 0 Å². The summed E-state index contributed by atoms with van der Waals surface area (Å²) in [5.41, 5.74) is 0. The van der Waals surface area contributed by atoms with Gasteiger partial charge in [0.1, 0.15) is 6.42 Å². The molecule has 0 unspecified atom stereocenters. The predicted molar refractivity (Wildman–Crippen MR) is 49.5 cm³/mol. The van der Waals surface area contributed by atoms with E-state index in [1.807, 2.05) is 0 Å². The molecule has 0 aromatic heterocycles. The number of rotatable bonds is 2. The second-order valence-corrected chi connectivity index (χ2v) is 3.42. The molecule has 6 heteroatoms. The first-order valence-corrected chi connectivity index (χ1v) is 4.75. The molecule has 1 aliphatic rings. The molecular formula is C7H10N2O3S. The van der Waals surface area contributed by atoms with E-state index in [4.69, 9.17) is 0 Å². The zero-order valence-corrected chi connectivity index (χ0v) is 8.02. The van der Waals surface area contributed by atoms with Crippen molar-refractivity contribution in [2.75, 3.05) is 19.4 Å². The van der Waals surface area contributed by atoms with Gasteiger partial charge in [-0.3, -0.25) is 14.6 Å². The van der Waals surface area contributed by atoms with Crippen LogP contribution in [0.1, 0.15) is 6.42 Å². The quantitative estimate of drug-likeness (QED) is 0.496. The number of carbonyl (C=O) groups excluding carboxylic acids is 2. The maximum atomic E-state index is 11.1. The number of methoxy groups -OCH3 is 1. The van der Waals surface area contributed by atoms with E-state index in [-0.39, 0.29) is 12.3 Å². The smallest absolute Gasteiger partial charge is 0.315 e. The normalized spacial score (nSPS) is 15.0. The summed E-state index contributed by atoms with van der Waals surface area (Å²) in [4.78, 5) is 25.7. The second kappa shape index (κ2) is 4.86. The van der Waals surface area contributed by atoms with Crippen LogP contribution in [0.2, 0.25) is 0 Å². The largest absolute Gasteiger partial charge is 0.469 e. The van der Waals surface area contributed by atoms with Crippen molar-refractivity contribution < 1.29 is 14.3 Å². The van der Waals surface area contributed by atoms with E-state index in [1.165, 1.54) is 18.9 Å². The zero-order valence-electron chi connectivity index (χ0n) is 7.20. The molecule has 1 rings (SSSR count). The van der Waals surface area contributed by atoms with E-state index in [9.17, 15) is 9.59 Å². The molecule has 0 aromatic carbocycles. The van der Waals surface area contributed by atoms with E-state index in [0.29, 0.717) is 5.17 Å². The number of hydrogen-bond acceptors (Lipinski definition) is 5. The Kier molecular flexibility index (Phi) is 3.75. The van der Waals surface area contributed by atoms with Crippen molar-refractivity contribution in [1.82, 2.24) is 5.32 Å². The lowest BCUT2D eigenvalue weighted by atomic mass is 10.4. The third-order valence-electron chi connectivity index (χ3n) is 1.36. The van der Waals surface area contributed by atoms with Gasteiger partial charge in [0.2, 0.25) is 5.91 Å². The monoisotopic (exact) mass is 202 g/mol. The Labute approximate surface area is 79.9 Å². The number of nitrogens with zero attached hydrogens (tertiary/aromatic N) is 1. The fourth-order valence-corrected chi connectivity index (χ4v) is 1.52. The average molecular weight is 202 g/mol. The van der Waals surface area contributed by atoms with E-state index < -0.39 is 5.97 Å². The van der Waals surface area contributed by atoms with Crippen molar-refractivity contribution in [3.8, 4) is 0 Å². The zero-order chi connectivity index (χ0) is 9.68. The fraction of sp³-hybridized carbons (Fsp3) is 0.571. The summed E-state index contributed by atoms with van der Waals surface area (Å²) in [5, 5.41) is 3.11. The summed E-state index contributed by atoms with van der Waals surface area (Å²) >= 11 is 1.47. The summed E-state index contributed by atoms with van der Waals surface area (Å²) in [6.45, 7) is 0.721. The molecule has 0 fully saturated rings. The number of thioether (sulfide) groups is 1. The lowest BCUT2D eigenvalue weighted by Gasteiger charge is -2.01. The van der Waals surface area contributed by atoms with Gasteiger partial charge in [-0.05, 0) is 0 Å². The van der Waals surface area contributed by atoms with Crippen LogP contribution in [0.4, 0.5) is 0 Å². The molecule has 0 spiro atoms. The topological polar surface area (TPSA) is 67.8 Å². The molecule has 1 heterocycles. The van der Waals surface area contributed by atoms with Crippen LogP contribution in [0.15, 0.2) is 4.99 Å². The Balaban J connectivity index is 2.28. The highest BCUT2D eigenvalue weighted by Crippen LogP contribution is 2.08. The molecule has 1 amide bonds. The number of aliphatic imine (C=N–C) groups is 1. The Morgan fingerprint density at radius 2 is 2.46 bits per heavy atom. The predicted octanol–water partition coefficient (Wildman–Crippen LogP) is -0.231. The van der Waals surface area contributed by atoms with Gasteiger partial charge in [0, 0.05) is 5.75 Å². The Hall–Kier alpha value is -1.04. The molecule has 0 saturated carbocycles. The van der Waals surface area contributed by atoms with Crippen molar-refractivity contribution in [2.24, 2.45) is 4.99 Å². The van der Waals surface area contributed by atoms with Crippen LogP contribution in [0, 0.1) is 0 Å². The minimum absolute atomic E-state index is 0.254. The van der Waals surface area contributed by atoms with Crippen molar-refractivity contribution in [2.45, 2.75) is 6.42 Å². The van der Waals surface area contributed by atoms with Gasteiger partial charge in [-0.1, -0.05) is 11.8 Å². The molecule has 0 saturated heterocycles. The summed E-state index contributed by atoms with van der Waals surface area (Å²) in [6.07, 6.45) is -0.254. The van der Waals surface area contributed by atoms with Crippen LogP contribution in [-0.2, 0) is 14.3 Å². The van der Waals surface area contributed by atoms with Crippen LogP contribution in [0.25, 0.3) is 0 Å². The van der Waals surface area contributed by atoms with Crippen LogP contribution in [0.3, 0.4) is 0 Å². The van der Waals surface area contributed by atoms with E-state index in [0.717, 1.165) is 12.3 Å². The maximum Gasteiger partial charge on any atom is 0.315 e. The van der Waals surface area contributed by atoms with Crippen LogP contribution < -0.4 is 5.32 Å². The third kappa shape index (κ3) is 3.45. The lowest BCUT2D eigenvalue weighted by Crippen LogP contribution is -2.29. The first-order valence-electron chi connectivity index (χ1n) is 3.76. The second-order valence-electron chi connectivity index (χ2n) is 2.34. The minimum atomic E-state index is -0.541. The summed E-state index contributed by atoms with van der Waals surface area (Å²) in [5.74, 6) is -0.0329. The molecular weight excluding hydrogens is 192 g/mol. The molecule has 72 valence electrons. The van der Waals surface area contributed by atoms with Gasteiger partial charge in [0.05, 0.1) is 13.7 Å². The Morgan fingerprint density at radius 3 is 3.00 bits per heavy atom. The number of hydrogen-bond donors (Lipinski definition) is 1. The third-order valence-corrected chi connectivity index (χ3v) is 2.26. The highest BCUT2D eigenvalue weighted by Gasteiger charge is 2.13. The standard InChI is InChI=1S/C7H10N2O3S/c1-12-6(11)4-5(10)9-7-8-2-3-13-7/h2-4H2,1H3,(H,8,9,10). The van der Waals surface area contributed by atoms with E-state index in [1.54, 1.807) is 0 Å². The van der Waals surface area contributed by atoms with Gasteiger partial charge in [-0.25, -0.2) is 0 Å². The van der Waals surface area contributed by atoms with E-state index in [2.05, 4.69) is 15.0 Å². The van der Waals surface area contributed by atoms with Crippen molar-refractivity contribution in [1.29, 1.82) is 0 Å². The first kappa shape index (κ1) is 10.0. The first-order chi connectivity index (χ1) is 6.22. The summed E-state index contributed by atoms with van der Waals surface area (Å²) < 4.78 is 4.34. The highest BCUT2D eigenvalue weighted by molar-refractivity contribution is 8.14. The van der Waals surface area contributed by atoms with Crippen molar-refractivity contribution in [3.63, 3.8) is 0 Å². The SMILES string of the molecule is COC(=O)CC(=O)NC1=NCCS1. The number of carbonyl (C=O) groups is 2. The van der Waals surface area contributed by atoms with Gasteiger partial charge in [0.25, 0.3) is 0 Å². The minimum Gasteiger partial charge on any atom is -0.469 e. The summed E-state index contributed by atoms with van der Waals surface area (Å²) in [6, 6.07) is 0. The molecule has 0 bridgehead atoms. The molecule has 0 aromatic rings. The van der Waals surface area contributed by atoms with Crippen LogP contribution in [0.5, 0.6) is 0 Å². The van der Waals surface area contributed by atoms with Gasteiger partial charge in [-0.2, -0.15) is 0 Å². The number of amides is 1. The molecule has 5 nitrogen and oxygen atoms in total. The van der Waals surface area contributed by atoms with Crippen LogP contribution in [-0.4, -0.2) is 36.5 Å². The Morgan fingerprint density at radius 1 is 1.69 bits per heavy atom. The van der Waals surface area contributed by atoms with Gasteiger partial charge < -0.3 is 10.1 Å². The van der Waals surface area contributed by atoms with Crippen LogP contribution >= 0.6 is 11.8 Å². The highest BCUT2D eigenvalue weighted by atomic mass is 32.2. The molecule has 0 radical (unpaired) electrons. The van der Waals surface area contributed by atoms with Crippen molar-refractivity contribution in [3.05, 3.63) is 0 Å². The van der Waals surface area contributed by atoms with E-state index >= 15 is 0 Å². The van der Waals surface area contributed by atoms with Gasteiger partial charge in [0.15, 0.2) is 5.17 Å². The average Bonchev–Trinajstić information content (AvgIpc) is 2.56.